The van der Waals surface area contributed by atoms with Crippen LogP contribution in [0.2, 0.25) is 0 Å². The molecule has 0 unspecified atom stereocenters. The van der Waals surface area contributed by atoms with Crippen molar-refractivity contribution in [2.75, 3.05) is 11.9 Å². The van der Waals surface area contributed by atoms with Gasteiger partial charge in [0.15, 0.2) is 0 Å². The number of ether oxygens (including phenoxy) is 1. The minimum atomic E-state index is -3.65. The lowest BCUT2D eigenvalue weighted by Crippen LogP contribution is -2.30. The topological polar surface area (TPSA) is 84.5 Å². The van der Waals surface area contributed by atoms with Crippen LogP contribution in [0.4, 0.5) is 5.69 Å². The predicted octanol–water partition coefficient (Wildman–Crippen LogP) is 3.02. The smallest absolute Gasteiger partial charge is 0.255 e. The molecule has 2 rings (SSSR count). The van der Waals surface area contributed by atoms with Crippen LogP contribution >= 0.6 is 0 Å². The molecule has 2 aromatic rings. The lowest BCUT2D eigenvalue weighted by Gasteiger charge is -2.11. The Morgan fingerprint density at radius 3 is 2.40 bits per heavy atom. The minimum absolute atomic E-state index is 0.0561. The van der Waals surface area contributed by atoms with Crippen LogP contribution in [0, 0.1) is 0 Å². The van der Waals surface area contributed by atoms with Crippen molar-refractivity contribution in [3.63, 3.8) is 0 Å². The molecule has 134 valence electrons. The van der Waals surface area contributed by atoms with Crippen LogP contribution in [0.25, 0.3) is 0 Å². The fourth-order valence-electron chi connectivity index (χ4n) is 2.19. The van der Waals surface area contributed by atoms with Crippen LogP contribution in [-0.2, 0) is 10.0 Å². The summed E-state index contributed by atoms with van der Waals surface area (Å²) >= 11 is 0. The molecule has 25 heavy (non-hydrogen) atoms. The van der Waals surface area contributed by atoms with Crippen molar-refractivity contribution >= 4 is 21.6 Å². The number of rotatable bonds is 7. The van der Waals surface area contributed by atoms with E-state index in [-0.39, 0.29) is 22.4 Å². The van der Waals surface area contributed by atoms with Crippen LogP contribution in [0.3, 0.4) is 0 Å². The number of hydrogen-bond donors (Lipinski definition) is 2. The second-order valence-corrected chi connectivity index (χ2v) is 7.43. The Labute approximate surface area is 148 Å². The van der Waals surface area contributed by atoms with Gasteiger partial charge in [-0.2, -0.15) is 0 Å². The van der Waals surface area contributed by atoms with E-state index in [1.165, 1.54) is 12.1 Å². The molecule has 7 heteroatoms. The quantitative estimate of drug-likeness (QED) is 0.793. The Morgan fingerprint density at radius 2 is 1.80 bits per heavy atom. The van der Waals surface area contributed by atoms with Gasteiger partial charge in [0, 0.05) is 17.3 Å². The first kappa shape index (κ1) is 19.0. The maximum absolute atomic E-state index is 12.4. The zero-order valence-corrected chi connectivity index (χ0v) is 15.3. The van der Waals surface area contributed by atoms with Gasteiger partial charge >= 0.3 is 0 Å². The van der Waals surface area contributed by atoms with Gasteiger partial charge in [0.05, 0.1) is 11.5 Å². The number of nitrogens with one attached hydrogen (secondary N) is 2. The van der Waals surface area contributed by atoms with Gasteiger partial charge in [0.1, 0.15) is 5.75 Å². The van der Waals surface area contributed by atoms with E-state index in [1.807, 2.05) is 6.92 Å². The summed E-state index contributed by atoms with van der Waals surface area (Å²) < 4.78 is 32.3. The molecule has 2 N–H and O–H groups in total. The number of carbonyl (C=O) groups excluding carboxylic acids is 1. The number of sulfonamides is 1. The normalized spacial score (nSPS) is 11.4. The minimum Gasteiger partial charge on any atom is -0.494 e. The van der Waals surface area contributed by atoms with Crippen LogP contribution in [0.5, 0.6) is 5.75 Å². The Balaban J connectivity index is 2.16. The standard InChI is InChI=1S/C18H22N2O4S/c1-4-24-16-10-8-15(9-11-16)19-18(21)14-6-5-7-17(12-14)25(22,23)20-13(2)3/h5-13,20H,4H2,1-3H3,(H,19,21). The summed E-state index contributed by atoms with van der Waals surface area (Å²) in [6.45, 7) is 5.93. The molecular formula is C18H22N2O4S. The Morgan fingerprint density at radius 1 is 1.12 bits per heavy atom. The number of amides is 1. The van der Waals surface area contributed by atoms with Crippen LogP contribution in [0.15, 0.2) is 53.4 Å². The van der Waals surface area contributed by atoms with E-state index in [4.69, 9.17) is 4.74 Å². The van der Waals surface area contributed by atoms with Gasteiger partial charge < -0.3 is 10.1 Å². The highest BCUT2D eigenvalue weighted by atomic mass is 32.2. The molecule has 2 aromatic carbocycles. The largest absolute Gasteiger partial charge is 0.494 e. The lowest BCUT2D eigenvalue weighted by molar-refractivity contribution is 0.102. The number of anilines is 1. The maximum Gasteiger partial charge on any atom is 0.255 e. The molecule has 0 saturated heterocycles. The molecule has 0 bridgehead atoms. The molecule has 0 aliphatic heterocycles. The molecule has 0 aliphatic rings. The maximum atomic E-state index is 12.4. The molecular weight excluding hydrogens is 340 g/mol. The van der Waals surface area contributed by atoms with Gasteiger partial charge in [0.25, 0.3) is 5.91 Å². The van der Waals surface area contributed by atoms with Crippen molar-refractivity contribution in [1.82, 2.24) is 4.72 Å². The van der Waals surface area contributed by atoms with E-state index < -0.39 is 10.0 Å². The third kappa shape index (κ3) is 5.30. The van der Waals surface area contributed by atoms with Gasteiger partial charge in [-0.15, -0.1) is 0 Å². The van der Waals surface area contributed by atoms with Crippen LogP contribution in [0.1, 0.15) is 31.1 Å². The Kier molecular flexibility index (Phi) is 6.17. The van der Waals surface area contributed by atoms with Gasteiger partial charge in [-0.25, -0.2) is 13.1 Å². The first-order valence-electron chi connectivity index (χ1n) is 7.98. The zero-order valence-electron chi connectivity index (χ0n) is 14.4. The molecule has 1 amide bonds. The molecule has 6 nitrogen and oxygen atoms in total. The molecule has 0 saturated carbocycles. The van der Waals surface area contributed by atoms with Crippen molar-refractivity contribution in [2.24, 2.45) is 0 Å². The van der Waals surface area contributed by atoms with Crippen molar-refractivity contribution in [1.29, 1.82) is 0 Å². The van der Waals surface area contributed by atoms with E-state index >= 15 is 0 Å². The molecule has 0 fully saturated rings. The van der Waals surface area contributed by atoms with Crippen molar-refractivity contribution in [3.05, 3.63) is 54.1 Å². The highest BCUT2D eigenvalue weighted by molar-refractivity contribution is 7.89. The summed E-state index contributed by atoms with van der Waals surface area (Å²) in [6, 6.07) is 12.7. The van der Waals surface area contributed by atoms with Gasteiger partial charge in [0.2, 0.25) is 10.0 Å². The van der Waals surface area contributed by atoms with Crippen LogP contribution in [-0.4, -0.2) is 27.0 Å². The summed E-state index contributed by atoms with van der Waals surface area (Å²) in [5.74, 6) is 0.333. The Hall–Kier alpha value is -2.38. The number of carbonyl (C=O) groups is 1. The molecule has 0 heterocycles. The molecule has 0 aromatic heterocycles. The van der Waals surface area contributed by atoms with Crippen LogP contribution < -0.4 is 14.8 Å². The van der Waals surface area contributed by atoms with Crippen molar-refractivity contribution in [2.45, 2.75) is 31.7 Å². The lowest BCUT2D eigenvalue weighted by atomic mass is 10.2. The summed E-state index contributed by atoms with van der Waals surface area (Å²) in [5, 5.41) is 2.74. The second kappa shape index (κ2) is 8.13. The van der Waals surface area contributed by atoms with E-state index in [9.17, 15) is 13.2 Å². The van der Waals surface area contributed by atoms with E-state index in [1.54, 1.807) is 50.2 Å². The number of benzene rings is 2. The monoisotopic (exact) mass is 362 g/mol. The molecule has 0 aliphatic carbocycles. The first-order chi connectivity index (χ1) is 11.8. The SMILES string of the molecule is CCOc1ccc(NC(=O)c2cccc(S(=O)(=O)NC(C)C)c2)cc1. The molecule has 0 radical (unpaired) electrons. The highest BCUT2D eigenvalue weighted by Crippen LogP contribution is 2.17. The third-order valence-corrected chi connectivity index (χ3v) is 4.88. The highest BCUT2D eigenvalue weighted by Gasteiger charge is 2.17. The number of hydrogen-bond acceptors (Lipinski definition) is 4. The zero-order chi connectivity index (χ0) is 18.4. The van der Waals surface area contributed by atoms with Crippen molar-refractivity contribution < 1.29 is 17.9 Å². The predicted molar refractivity (Wildman–Crippen MR) is 97.5 cm³/mol. The van der Waals surface area contributed by atoms with E-state index in [0.717, 1.165) is 0 Å². The van der Waals surface area contributed by atoms with Gasteiger partial charge in [-0.05, 0) is 63.2 Å². The summed E-state index contributed by atoms with van der Waals surface area (Å²) in [4.78, 5) is 12.4. The van der Waals surface area contributed by atoms with Crippen molar-refractivity contribution in [3.8, 4) is 5.75 Å². The first-order valence-corrected chi connectivity index (χ1v) is 9.46. The Bertz CT molecular complexity index is 830. The van der Waals surface area contributed by atoms with E-state index in [0.29, 0.717) is 18.0 Å². The summed E-state index contributed by atoms with van der Waals surface area (Å²) in [7, 11) is -3.65. The molecule has 0 atom stereocenters. The third-order valence-electron chi connectivity index (χ3n) is 3.22. The second-order valence-electron chi connectivity index (χ2n) is 5.72. The van der Waals surface area contributed by atoms with Gasteiger partial charge in [-0.1, -0.05) is 6.07 Å². The molecule has 0 spiro atoms. The fourth-order valence-corrected chi connectivity index (χ4v) is 3.48. The van der Waals surface area contributed by atoms with Gasteiger partial charge in [-0.3, -0.25) is 4.79 Å². The fraction of sp³-hybridized carbons (Fsp3) is 0.278. The summed E-state index contributed by atoms with van der Waals surface area (Å²) in [6.07, 6.45) is 0. The van der Waals surface area contributed by atoms with E-state index in [2.05, 4.69) is 10.0 Å². The average molecular weight is 362 g/mol. The average Bonchev–Trinajstić information content (AvgIpc) is 2.56. The summed E-state index contributed by atoms with van der Waals surface area (Å²) in [5.41, 5.74) is 0.863.